The molecule has 5 nitrogen and oxygen atoms in total. The minimum absolute atomic E-state index is 0.0440. The van der Waals surface area contributed by atoms with Crippen molar-refractivity contribution in [2.45, 2.75) is 52.3 Å². The van der Waals surface area contributed by atoms with Crippen LogP contribution < -0.4 is 10.6 Å². The summed E-state index contributed by atoms with van der Waals surface area (Å²) >= 11 is 0. The van der Waals surface area contributed by atoms with Gasteiger partial charge in [0.2, 0.25) is 0 Å². The van der Waals surface area contributed by atoms with Crippen LogP contribution in [0.4, 0.5) is 4.79 Å². The molecule has 5 heteroatoms. The zero-order valence-corrected chi connectivity index (χ0v) is 12.4. The monoisotopic (exact) mass is 267 g/mol. The number of nitrogens with one attached hydrogen (secondary N) is 3. The van der Waals surface area contributed by atoms with Crippen LogP contribution in [0, 0.1) is 0 Å². The van der Waals surface area contributed by atoms with Gasteiger partial charge in [-0.05, 0) is 32.9 Å². The van der Waals surface area contributed by atoms with Gasteiger partial charge in [0.25, 0.3) is 0 Å². The first kappa shape index (κ1) is 15.6. The highest BCUT2D eigenvalue weighted by Gasteiger charge is 2.18. The summed E-state index contributed by atoms with van der Waals surface area (Å²) in [5.74, 6) is 0. The second-order valence-electron chi connectivity index (χ2n) is 5.88. The molecule has 0 saturated carbocycles. The van der Waals surface area contributed by atoms with Gasteiger partial charge in [0.05, 0.1) is 6.04 Å². The first-order chi connectivity index (χ1) is 8.78. The van der Waals surface area contributed by atoms with Crippen molar-refractivity contribution in [3.63, 3.8) is 0 Å². The van der Waals surface area contributed by atoms with E-state index in [0.717, 1.165) is 5.69 Å². The van der Waals surface area contributed by atoms with Crippen molar-refractivity contribution in [2.24, 2.45) is 0 Å². The number of ether oxygens (including phenoxy) is 1. The molecular weight excluding hydrogens is 242 g/mol. The maximum atomic E-state index is 11.6. The number of alkyl carbamates (subject to hydrolysis) is 1. The standard InChI is InChI=1S/C14H25N3O2/c1-10(2)17-12(11-7-6-8-15-11)9-16-13(18)19-14(3,4)5/h6-8,10,12,15,17H,9H2,1-5H3,(H,16,18). The predicted octanol–water partition coefficient (Wildman–Crippen LogP) is 2.58. The van der Waals surface area contributed by atoms with Gasteiger partial charge in [0, 0.05) is 24.5 Å². The average Bonchev–Trinajstić information content (AvgIpc) is 2.74. The van der Waals surface area contributed by atoms with E-state index in [1.807, 2.05) is 39.1 Å². The molecule has 1 unspecified atom stereocenters. The molecule has 0 bridgehead atoms. The van der Waals surface area contributed by atoms with Crippen LogP contribution in [-0.4, -0.2) is 29.3 Å². The lowest BCUT2D eigenvalue weighted by atomic mass is 10.2. The summed E-state index contributed by atoms with van der Waals surface area (Å²) in [5.41, 5.74) is 0.571. The highest BCUT2D eigenvalue weighted by molar-refractivity contribution is 5.67. The zero-order chi connectivity index (χ0) is 14.5. The third-order valence-corrected chi connectivity index (χ3v) is 2.38. The Hall–Kier alpha value is -1.49. The van der Waals surface area contributed by atoms with Gasteiger partial charge in [-0.2, -0.15) is 0 Å². The van der Waals surface area contributed by atoms with Crippen LogP contribution in [-0.2, 0) is 4.74 Å². The Morgan fingerprint density at radius 3 is 2.58 bits per heavy atom. The molecule has 0 aromatic carbocycles. The summed E-state index contributed by atoms with van der Waals surface area (Å²) in [6.45, 7) is 10.2. The van der Waals surface area contributed by atoms with Crippen LogP contribution in [0.2, 0.25) is 0 Å². The van der Waals surface area contributed by atoms with E-state index in [-0.39, 0.29) is 6.04 Å². The van der Waals surface area contributed by atoms with Crippen molar-refractivity contribution in [1.29, 1.82) is 0 Å². The maximum Gasteiger partial charge on any atom is 0.407 e. The number of carbonyl (C=O) groups excluding carboxylic acids is 1. The smallest absolute Gasteiger partial charge is 0.407 e. The van der Waals surface area contributed by atoms with Crippen LogP contribution in [0.1, 0.15) is 46.4 Å². The van der Waals surface area contributed by atoms with Crippen molar-refractivity contribution >= 4 is 6.09 Å². The Morgan fingerprint density at radius 1 is 1.42 bits per heavy atom. The minimum Gasteiger partial charge on any atom is -0.444 e. The third kappa shape index (κ3) is 6.29. The highest BCUT2D eigenvalue weighted by Crippen LogP contribution is 2.11. The van der Waals surface area contributed by atoms with Gasteiger partial charge in [0.15, 0.2) is 0 Å². The minimum atomic E-state index is -0.475. The fourth-order valence-corrected chi connectivity index (χ4v) is 1.72. The molecule has 0 saturated heterocycles. The lowest BCUT2D eigenvalue weighted by Crippen LogP contribution is -2.40. The Kier molecular flexibility index (Phi) is 5.42. The molecule has 0 aliphatic heterocycles. The normalized spacial score (nSPS) is 13.4. The molecular formula is C14H25N3O2. The van der Waals surface area contributed by atoms with E-state index >= 15 is 0 Å². The predicted molar refractivity (Wildman–Crippen MR) is 76.0 cm³/mol. The van der Waals surface area contributed by atoms with Gasteiger partial charge < -0.3 is 20.4 Å². The summed E-state index contributed by atoms with van der Waals surface area (Å²) in [5, 5.41) is 6.19. The largest absolute Gasteiger partial charge is 0.444 e. The fourth-order valence-electron chi connectivity index (χ4n) is 1.72. The number of hydrogen-bond acceptors (Lipinski definition) is 3. The van der Waals surface area contributed by atoms with Gasteiger partial charge in [-0.3, -0.25) is 0 Å². The number of aromatic nitrogens is 1. The molecule has 0 aliphatic rings. The van der Waals surface area contributed by atoms with Gasteiger partial charge >= 0.3 is 6.09 Å². The van der Waals surface area contributed by atoms with Crippen LogP contribution in [0.5, 0.6) is 0 Å². The Morgan fingerprint density at radius 2 is 2.11 bits per heavy atom. The lowest BCUT2D eigenvalue weighted by molar-refractivity contribution is 0.0521. The van der Waals surface area contributed by atoms with Crippen LogP contribution in [0.15, 0.2) is 18.3 Å². The van der Waals surface area contributed by atoms with Crippen molar-refractivity contribution in [3.05, 3.63) is 24.0 Å². The van der Waals surface area contributed by atoms with E-state index in [2.05, 4.69) is 29.5 Å². The topological polar surface area (TPSA) is 66.2 Å². The molecule has 0 spiro atoms. The molecule has 0 radical (unpaired) electrons. The maximum absolute atomic E-state index is 11.6. The van der Waals surface area contributed by atoms with E-state index in [1.54, 1.807) is 0 Å². The number of hydrogen-bond donors (Lipinski definition) is 3. The molecule has 108 valence electrons. The SMILES string of the molecule is CC(C)NC(CNC(=O)OC(C)(C)C)c1ccc[nH]1. The summed E-state index contributed by atoms with van der Waals surface area (Å²) in [6, 6.07) is 4.31. The summed E-state index contributed by atoms with van der Waals surface area (Å²) in [7, 11) is 0. The van der Waals surface area contributed by atoms with Crippen LogP contribution in [0.25, 0.3) is 0 Å². The molecule has 0 aliphatic carbocycles. The zero-order valence-electron chi connectivity index (χ0n) is 12.4. The molecule has 19 heavy (non-hydrogen) atoms. The van der Waals surface area contributed by atoms with Crippen molar-refractivity contribution < 1.29 is 9.53 Å². The molecule has 1 aromatic rings. The van der Waals surface area contributed by atoms with Crippen molar-refractivity contribution in [3.8, 4) is 0 Å². The van der Waals surface area contributed by atoms with E-state index < -0.39 is 11.7 Å². The Bertz CT molecular complexity index is 380. The van der Waals surface area contributed by atoms with E-state index in [0.29, 0.717) is 12.6 Å². The second-order valence-corrected chi connectivity index (χ2v) is 5.88. The fraction of sp³-hybridized carbons (Fsp3) is 0.643. The number of carbonyl (C=O) groups is 1. The first-order valence-corrected chi connectivity index (χ1v) is 6.64. The van der Waals surface area contributed by atoms with Gasteiger partial charge in [0.1, 0.15) is 5.60 Å². The average molecular weight is 267 g/mol. The lowest BCUT2D eigenvalue weighted by Gasteiger charge is -2.23. The third-order valence-electron chi connectivity index (χ3n) is 2.38. The summed E-state index contributed by atoms with van der Waals surface area (Å²) < 4.78 is 5.22. The Balaban J connectivity index is 2.52. The molecule has 1 amide bonds. The van der Waals surface area contributed by atoms with Crippen molar-refractivity contribution in [1.82, 2.24) is 15.6 Å². The summed E-state index contributed by atoms with van der Waals surface area (Å²) in [4.78, 5) is 14.8. The number of rotatable bonds is 5. The van der Waals surface area contributed by atoms with Gasteiger partial charge in [-0.15, -0.1) is 0 Å². The second kappa shape index (κ2) is 6.61. The Labute approximate surface area is 115 Å². The highest BCUT2D eigenvalue weighted by atomic mass is 16.6. The molecule has 3 N–H and O–H groups in total. The number of H-pyrrole nitrogens is 1. The molecule has 0 fully saturated rings. The van der Waals surface area contributed by atoms with Gasteiger partial charge in [-0.25, -0.2) is 4.79 Å². The van der Waals surface area contributed by atoms with Crippen LogP contribution >= 0.6 is 0 Å². The molecule has 1 atom stereocenters. The quantitative estimate of drug-likeness (QED) is 0.768. The van der Waals surface area contributed by atoms with E-state index in [9.17, 15) is 4.79 Å². The molecule has 1 rings (SSSR count). The van der Waals surface area contributed by atoms with Crippen molar-refractivity contribution in [2.75, 3.05) is 6.54 Å². The summed E-state index contributed by atoms with van der Waals surface area (Å²) in [6.07, 6.45) is 1.48. The number of amides is 1. The van der Waals surface area contributed by atoms with Crippen LogP contribution in [0.3, 0.4) is 0 Å². The first-order valence-electron chi connectivity index (χ1n) is 6.64. The number of aromatic amines is 1. The van der Waals surface area contributed by atoms with E-state index in [4.69, 9.17) is 4.74 Å². The van der Waals surface area contributed by atoms with E-state index in [1.165, 1.54) is 0 Å². The molecule has 1 heterocycles. The molecule has 1 aromatic heterocycles. The van der Waals surface area contributed by atoms with Gasteiger partial charge in [-0.1, -0.05) is 13.8 Å².